The molecule has 4 nitrogen and oxygen atoms in total. The first kappa shape index (κ1) is 18.6. The second kappa shape index (κ2) is 7.72. The number of rotatable bonds is 5. The largest absolute Gasteiger partial charge is 0.493 e. The van der Waals surface area contributed by atoms with Crippen LogP contribution in [-0.4, -0.2) is 22.7 Å². The van der Waals surface area contributed by atoms with Crippen molar-refractivity contribution in [1.82, 2.24) is 4.98 Å². The van der Waals surface area contributed by atoms with Gasteiger partial charge in [0.1, 0.15) is 11.6 Å². The number of hydrogen-bond donors (Lipinski definition) is 1. The molecular formula is C24H18FNO3. The van der Waals surface area contributed by atoms with Crippen LogP contribution in [0.2, 0.25) is 0 Å². The predicted octanol–water partition coefficient (Wildman–Crippen LogP) is 5.80. The molecule has 29 heavy (non-hydrogen) atoms. The molecule has 0 aliphatic heterocycles. The van der Waals surface area contributed by atoms with Crippen LogP contribution in [0.5, 0.6) is 5.75 Å². The Morgan fingerprint density at radius 3 is 2.45 bits per heavy atom. The summed E-state index contributed by atoms with van der Waals surface area (Å²) in [6.07, 6.45) is 0. The van der Waals surface area contributed by atoms with Crippen molar-refractivity contribution < 1.29 is 19.0 Å². The Balaban J connectivity index is 1.78. The lowest BCUT2D eigenvalue weighted by Crippen LogP contribution is -2.00. The average molecular weight is 387 g/mol. The fourth-order valence-corrected chi connectivity index (χ4v) is 3.33. The molecule has 0 saturated carbocycles. The highest BCUT2D eigenvalue weighted by atomic mass is 19.1. The highest BCUT2D eigenvalue weighted by molar-refractivity contribution is 6.03. The van der Waals surface area contributed by atoms with Crippen molar-refractivity contribution in [3.63, 3.8) is 0 Å². The van der Waals surface area contributed by atoms with Crippen molar-refractivity contribution >= 4 is 16.9 Å². The van der Waals surface area contributed by atoms with E-state index in [1.54, 1.807) is 0 Å². The molecule has 5 heteroatoms. The first-order valence-electron chi connectivity index (χ1n) is 9.23. The highest BCUT2D eigenvalue weighted by Crippen LogP contribution is 2.32. The maximum absolute atomic E-state index is 13.6. The maximum Gasteiger partial charge on any atom is 0.336 e. The topological polar surface area (TPSA) is 59.4 Å². The molecule has 1 N–H and O–H groups in total. The van der Waals surface area contributed by atoms with E-state index in [2.05, 4.69) is 4.98 Å². The van der Waals surface area contributed by atoms with Crippen molar-refractivity contribution in [3.8, 4) is 28.1 Å². The Kier molecular flexibility index (Phi) is 4.96. The van der Waals surface area contributed by atoms with E-state index >= 15 is 0 Å². The molecule has 1 heterocycles. The molecule has 0 fully saturated rings. The summed E-state index contributed by atoms with van der Waals surface area (Å²) in [5.41, 5.74) is 3.72. The summed E-state index contributed by atoms with van der Waals surface area (Å²) in [5, 5.41) is 9.84. The van der Waals surface area contributed by atoms with E-state index < -0.39 is 11.8 Å². The second-order valence-corrected chi connectivity index (χ2v) is 6.53. The molecule has 0 bridgehead atoms. The highest BCUT2D eigenvalue weighted by Gasteiger charge is 2.14. The third kappa shape index (κ3) is 3.67. The summed E-state index contributed by atoms with van der Waals surface area (Å²) in [6, 6.07) is 20.9. The zero-order valence-corrected chi connectivity index (χ0v) is 15.7. The molecule has 144 valence electrons. The SMILES string of the molecule is CCOc1ccccc1-c1ccc(-c2cc(C(=O)O)c3cc(F)ccc3n2)cc1. The normalized spacial score (nSPS) is 10.8. The van der Waals surface area contributed by atoms with Gasteiger partial charge in [0, 0.05) is 16.5 Å². The number of carboxylic acids is 1. The number of para-hydroxylation sites is 1. The smallest absolute Gasteiger partial charge is 0.336 e. The Hall–Kier alpha value is -3.73. The van der Waals surface area contributed by atoms with Crippen LogP contribution in [0, 0.1) is 5.82 Å². The van der Waals surface area contributed by atoms with Crippen LogP contribution >= 0.6 is 0 Å². The van der Waals surface area contributed by atoms with E-state index in [-0.39, 0.29) is 10.9 Å². The number of pyridine rings is 1. The summed E-state index contributed by atoms with van der Waals surface area (Å²) < 4.78 is 19.3. The third-order valence-corrected chi connectivity index (χ3v) is 4.68. The molecule has 0 unspecified atom stereocenters. The van der Waals surface area contributed by atoms with Crippen molar-refractivity contribution in [2.75, 3.05) is 6.61 Å². The Morgan fingerprint density at radius 1 is 1.00 bits per heavy atom. The number of nitrogens with zero attached hydrogens (tertiary/aromatic N) is 1. The van der Waals surface area contributed by atoms with E-state index in [4.69, 9.17) is 4.74 Å². The molecule has 3 aromatic carbocycles. The summed E-state index contributed by atoms with van der Waals surface area (Å²) in [6.45, 7) is 2.52. The van der Waals surface area contributed by atoms with Gasteiger partial charge in [-0.2, -0.15) is 0 Å². The number of aromatic carboxylic acids is 1. The van der Waals surface area contributed by atoms with Gasteiger partial charge in [0.25, 0.3) is 0 Å². The van der Waals surface area contributed by atoms with Gasteiger partial charge >= 0.3 is 5.97 Å². The number of benzene rings is 3. The van der Waals surface area contributed by atoms with Crippen LogP contribution in [0.3, 0.4) is 0 Å². The van der Waals surface area contributed by atoms with Crippen LogP contribution in [-0.2, 0) is 0 Å². The van der Waals surface area contributed by atoms with Crippen molar-refractivity contribution in [3.05, 3.63) is 84.2 Å². The van der Waals surface area contributed by atoms with E-state index in [0.717, 1.165) is 22.4 Å². The molecule has 4 aromatic rings. The minimum atomic E-state index is -1.12. The number of carbonyl (C=O) groups is 1. The van der Waals surface area contributed by atoms with Crippen molar-refractivity contribution in [2.24, 2.45) is 0 Å². The number of halogens is 1. The van der Waals surface area contributed by atoms with E-state index in [1.165, 1.54) is 24.3 Å². The zero-order chi connectivity index (χ0) is 20.4. The molecule has 1 aromatic heterocycles. The first-order valence-corrected chi connectivity index (χ1v) is 9.23. The van der Waals surface area contributed by atoms with Crippen LogP contribution in [0.25, 0.3) is 33.3 Å². The molecule has 4 rings (SSSR count). The van der Waals surface area contributed by atoms with Crippen LogP contribution < -0.4 is 4.74 Å². The second-order valence-electron chi connectivity index (χ2n) is 6.53. The molecule has 0 amide bonds. The van der Waals surface area contributed by atoms with Crippen LogP contribution in [0.1, 0.15) is 17.3 Å². The third-order valence-electron chi connectivity index (χ3n) is 4.68. The van der Waals surface area contributed by atoms with Gasteiger partial charge in [0.2, 0.25) is 0 Å². The Bertz CT molecular complexity index is 1200. The first-order chi connectivity index (χ1) is 14.1. The van der Waals surface area contributed by atoms with E-state index in [0.29, 0.717) is 17.8 Å². The van der Waals surface area contributed by atoms with Gasteiger partial charge in [-0.05, 0) is 42.8 Å². The summed E-state index contributed by atoms with van der Waals surface area (Å²) in [7, 11) is 0. The van der Waals surface area contributed by atoms with Gasteiger partial charge in [-0.3, -0.25) is 0 Å². The fraction of sp³-hybridized carbons (Fsp3) is 0.0833. The van der Waals surface area contributed by atoms with Gasteiger partial charge in [-0.15, -0.1) is 0 Å². The van der Waals surface area contributed by atoms with Gasteiger partial charge in [0.15, 0.2) is 0 Å². The van der Waals surface area contributed by atoms with Crippen LogP contribution in [0.15, 0.2) is 72.8 Å². The molecule has 0 spiro atoms. The minimum Gasteiger partial charge on any atom is -0.493 e. The van der Waals surface area contributed by atoms with E-state index in [1.807, 2.05) is 55.5 Å². The molecular weight excluding hydrogens is 369 g/mol. The average Bonchev–Trinajstić information content (AvgIpc) is 2.74. The lowest BCUT2D eigenvalue weighted by Gasteiger charge is -2.11. The Labute approximate surface area is 167 Å². The molecule has 0 aliphatic carbocycles. The molecule has 0 atom stereocenters. The number of ether oxygens (including phenoxy) is 1. The fourth-order valence-electron chi connectivity index (χ4n) is 3.33. The molecule has 0 radical (unpaired) electrons. The van der Waals surface area contributed by atoms with Crippen LogP contribution in [0.4, 0.5) is 4.39 Å². The number of fused-ring (bicyclic) bond motifs is 1. The predicted molar refractivity (Wildman–Crippen MR) is 111 cm³/mol. The standard InChI is InChI=1S/C24H18FNO3/c1-2-29-23-6-4-3-5-18(23)15-7-9-16(10-8-15)22-14-20(24(27)28)19-13-17(25)11-12-21(19)26-22/h3-14H,2H2,1H3,(H,27,28). The number of hydrogen-bond acceptors (Lipinski definition) is 3. The number of carboxylic acid groups (broad SMARTS) is 1. The van der Waals surface area contributed by atoms with Gasteiger partial charge in [-0.1, -0.05) is 42.5 Å². The lowest BCUT2D eigenvalue weighted by atomic mass is 10.00. The zero-order valence-electron chi connectivity index (χ0n) is 15.7. The monoisotopic (exact) mass is 387 g/mol. The Morgan fingerprint density at radius 2 is 1.72 bits per heavy atom. The molecule has 0 saturated heterocycles. The van der Waals surface area contributed by atoms with Crippen molar-refractivity contribution in [2.45, 2.75) is 6.92 Å². The lowest BCUT2D eigenvalue weighted by molar-refractivity contribution is 0.0699. The summed E-state index contributed by atoms with van der Waals surface area (Å²) in [4.78, 5) is 16.2. The maximum atomic E-state index is 13.6. The summed E-state index contributed by atoms with van der Waals surface area (Å²) in [5.74, 6) is -0.805. The summed E-state index contributed by atoms with van der Waals surface area (Å²) >= 11 is 0. The van der Waals surface area contributed by atoms with Gasteiger partial charge in [-0.25, -0.2) is 14.2 Å². The quantitative estimate of drug-likeness (QED) is 0.470. The van der Waals surface area contributed by atoms with E-state index in [9.17, 15) is 14.3 Å². The minimum absolute atomic E-state index is 0.0234. The van der Waals surface area contributed by atoms with Gasteiger partial charge < -0.3 is 9.84 Å². The van der Waals surface area contributed by atoms with Crippen molar-refractivity contribution in [1.29, 1.82) is 0 Å². The van der Waals surface area contributed by atoms with Gasteiger partial charge in [0.05, 0.1) is 23.4 Å². The molecule has 0 aliphatic rings. The number of aromatic nitrogens is 1.